The van der Waals surface area contributed by atoms with E-state index in [2.05, 4.69) is 23.2 Å². The van der Waals surface area contributed by atoms with E-state index in [4.69, 9.17) is 4.74 Å². The zero-order valence-corrected chi connectivity index (χ0v) is 25.9. The van der Waals surface area contributed by atoms with Gasteiger partial charge in [0.2, 0.25) is 0 Å². The molecular formula is C34H48N2O4S. The van der Waals surface area contributed by atoms with Gasteiger partial charge in [-0.2, -0.15) is 11.8 Å². The van der Waals surface area contributed by atoms with Crippen LogP contribution >= 0.6 is 11.8 Å². The van der Waals surface area contributed by atoms with Gasteiger partial charge >= 0.3 is 5.97 Å². The molecule has 0 aromatic heterocycles. The summed E-state index contributed by atoms with van der Waals surface area (Å²) in [5, 5.41) is 12.5. The van der Waals surface area contributed by atoms with Gasteiger partial charge in [-0.3, -0.25) is 9.69 Å². The zero-order chi connectivity index (χ0) is 29.2. The van der Waals surface area contributed by atoms with Gasteiger partial charge in [0.25, 0.3) is 5.91 Å². The van der Waals surface area contributed by atoms with E-state index in [0.717, 1.165) is 54.5 Å². The standard InChI is InChI=1S/C34H48N2O4S/c1-4-25-18-28(23-40-22-26-11-6-5-7-12-26)36(20-25)21-27-14-15-30(31(19-27)29-13-9-8-10-24(29)2)33(37)35-32(34(38)39)16-17-41-3/h8-10,13-15,19,25-26,28,32H,4-7,11-12,16-18,20-23H2,1-3H3,(H,35,37)(H,38,39)/t25?,28-,32?/m0/s1. The minimum Gasteiger partial charge on any atom is -0.480 e. The first-order valence-electron chi connectivity index (χ1n) is 15.4. The molecule has 6 nitrogen and oxygen atoms in total. The molecule has 2 aromatic carbocycles. The number of carbonyl (C=O) groups is 2. The number of hydrogen-bond acceptors (Lipinski definition) is 5. The van der Waals surface area contributed by atoms with Gasteiger partial charge in [-0.1, -0.05) is 62.9 Å². The van der Waals surface area contributed by atoms with Gasteiger partial charge in [0.05, 0.1) is 6.61 Å². The van der Waals surface area contributed by atoms with Crippen molar-refractivity contribution in [3.05, 3.63) is 59.2 Å². The predicted octanol–water partition coefficient (Wildman–Crippen LogP) is 6.80. The van der Waals surface area contributed by atoms with Crippen LogP contribution in [-0.2, 0) is 16.1 Å². The molecule has 2 N–H and O–H groups in total. The lowest BCUT2D eigenvalue weighted by Gasteiger charge is -2.27. The number of benzene rings is 2. The van der Waals surface area contributed by atoms with Crippen molar-refractivity contribution in [1.82, 2.24) is 10.2 Å². The molecule has 224 valence electrons. The highest BCUT2D eigenvalue weighted by Gasteiger charge is 2.32. The summed E-state index contributed by atoms with van der Waals surface area (Å²) in [7, 11) is 0. The fraction of sp³-hybridized carbons (Fsp3) is 0.588. The molecule has 3 atom stereocenters. The second-order valence-electron chi connectivity index (χ2n) is 12.0. The van der Waals surface area contributed by atoms with Gasteiger partial charge in [0.1, 0.15) is 6.04 Å². The number of carbonyl (C=O) groups excluding carboxylic acids is 1. The van der Waals surface area contributed by atoms with Crippen LogP contribution in [-0.4, -0.2) is 65.7 Å². The summed E-state index contributed by atoms with van der Waals surface area (Å²) < 4.78 is 6.32. The van der Waals surface area contributed by atoms with Crippen molar-refractivity contribution in [1.29, 1.82) is 0 Å². The Morgan fingerprint density at radius 2 is 1.85 bits per heavy atom. The number of ether oxygens (including phenoxy) is 1. The Morgan fingerprint density at radius 1 is 1.07 bits per heavy atom. The minimum absolute atomic E-state index is 0.343. The molecule has 2 fully saturated rings. The number of amides is 1. The molecule has 41 heavy (non-hydrogen) atoms. The van der Waals surface area contributed by atoms with E-state index in [1.807, 2.05) is 49.6 Å². The van der Waals surface area contributed by atoms with Crippen LogP contribution in [0.15, 0.2) is 42.5 Å². The van der Waals surface area contributed by atoms with Crippen molar-refractivity contribution in [3.8, 4) is 11.1 Å². The Morgan fingerprint density at radius 3 is 2.56 bits per heavy atom. The molecule has 7 heteroatoms. The average Bonchev–Trinajstić information content (AvgIpc) is 3.37. The summed E-state index contributed by atoms with van der Waals surface area (Å²) >= 11 is 1.57. The summed E-state index contributed by atoms with van der Waals surface area (Å²) in [6.07, 6.45) is 11.3. The number of aliphatic carboxylic acids is 1. The molecule has 1 aliphatic heterocycles. The van der Waals surface area contributed by atoms with Crippen LogP contribution in [0.4, 0.5) is 0 Å². The molecule has 1 aliphatic carbocycles. The lowest BCUT2D eigenvalue weighted by atomic mass is 9.90. The van der Waals surface area contributed by atoms with Gasteiger partial charge < -0.3 is 15.2 Å². The van der Waals surface area contributed by atoms with E-state index < -0.39 is 12.0 Å². The number of thioether (sulfide) groups is 1. The van der Waals surface area contributed by atoms with E-state index >= 15 is 0 Å². The third-order valence-corrected chi connectivity index (χ3v) is 9.59. The zero-order valence-electron chi connectivity index (χ0n) is 25.1. The fourth-order valence-corrected chi connectivity index (χ4v) is 6.90. The summed E-state index contributed by atoms with van der Waals surface area (Å²) in [5.41, 5.74) is 4.60. The summed E-state index contributed by atoms with van der Waals surface area (Å²) in [4.78, 5) is 27.9. The van der Waals surface area contributed by atoms with Gasteiger partial charge in [0, 0.05) is 31.3 Å². The van der Waals surface area contributed by atoms with Crippen LogP contribution in [0.1, 0.15) is 79.8 Å². The van der Waals surface area contributed by atoms with Crippen molar-refractivity contribution in [2.75, 3.05) is 31.8 Å². The highest BCUT2D eigenvalue weighted by Crippen LogP contribution is 2.32. The second-order valence-corrected chi connectivity index (χ2v) is 13.0. The lowest BCUT2D eigenvalue weighted by Crippen LogP contribution is -2.41. The molecule has 2 aromatic rings. The summed E-state index contributed by atoms with van der Waals surface area (Å²) in [6, 6.07) is 13.6. The molecule has 4 rings (SSSR count). The van der Waals surface area contributed by atoms with Crippen LogP contribution in [0.5, 0.6) is 0 Å². The Bertz CT molecular complexity index is 1150. The van der Waals surface area contributed by atoms with Gasteiger partial charge in [-0.25, -0.2) is 4.79 Å². The summed E-state index contributed by atoms with van der Waals surface area (Å²) in [5.74, 6) is 0.717. The molecule has 1 saturated heterocycles. The molecule has 0 spiro atoms. The van der Waals surface area contributed by atoms with Crippen LogP contribution in [0.3, 0.4) is 0 Å². The van der Waals surface area contributed by atoms with Crippen LogP contribution in [0, 0.1) is 18.8 Å². The average molecular weight is 581 g/mol. The molecule has 2 unspecified atom stereocenters. The van der Waals surface area contributed by atoms with Gasteiger partial charge in [-0.05, 0) is 90.8 Å². The molecule has 1 amide bonds. The number of nitrogens with one attached hydrogen (secondary N) is 1. The number of rotatable bonds is 14. The first-order chi connectivity index (χ1) is 19.9. The van der Waals surface area contributed by atoms with E-state index in [1.54, 1.807) is 11.8 Å². The Balaban J connectivity index is 1.53. The highest BCUT2D eigenvalue weighted by molar-refractivity contribution is 7.98. The number of carboxylic acids is 1. The Labute approximate surface area is 250 Å². The van der Waals surface area contributed by atoms with Crippen molar-refractivity contribution in [2.24, 2.45) is 11.8 Å². The normalized spacial score (nSPS) is 20.7. The molecule has 0 radical (unpaired) electrons. The molecule has 0 bridgehead atoms. The lowest BCUT2D eigenvalue weighted by molar-refractivity contribution is -0.139. The maximum Gasteiger partial charge on any atom is 0.326 e. The van der Waals surface area contributed by atoms with E-state index in [-0.39, 0.29) is 5.91 Å². The SMILES string of the molecule is CCC1C[C@@H](COCC2CCCCC2)N(Cc2ccc(C(=O)NC(CCSC)C(=O)O)c(-c3ccccc3C)c2)C1. The van der Waals surface area contributed by atoms with Crippen LogP contribution in [0.25, 0.3) is 11.1 Å². The molecule has 1 heterocycles. The number of hydrogen-bond donors (Lipinski definition) is 2. The van der Waals surface area contributed by atoms with E-state index in [9.17, 15) is 14.7 Å². The van der Waals surface area contributed by atoms with Gasteiger partial charge in [-0.15, -0.1) is 0 Å². The number of aryl methyl sites for hydroxylation is 1. The number of likely N-dealkylation sites (tertiary alicyclic amines) is 1. The predicted molar refractivity (Wildman–Crippen MR) is 168 cm³/mol. The number of nitrogens with zero attached hydrogens (tertiary/aromatic N) is 1. The minimum atomic E-state index is -1.00. The first kappa shape index (κ1) is 31.6. The Hall–Kier alpha value is -2.35. The fourth-order valence-electron chi connectivity index (χ4n) is 6.43. The van der Waals surface area contributed by atoms with Crippen molar-refractivity contribution >= 4 is 23.6 Å². The van der Waals surface area contributed by atoms with Gasteiger partial charge in [0.15, 0.2) is 0 Å². The van der Waals surface area contributed by atoms with Crippen LogP contribution < -0.4 is 5.32 Å². The first-order valence-corrected chi connectivity index (χ1v) is 16.8. The second kappa shape index (κ2) is 15.8. The maximum atomic E-state index is 13.5. The monoisotopic (exact) mass is 580 g/mol. The Kier molecular flexibility index (Phi) is 12.1. The van der Waals surface area contributed by atoms with Crippen molar-refractivity contribution < 1.29 is 19.4 Å². The molecule has 1 saturated carbocycles. The van der Waals surface area contributed by atoms with Crippen molar-refractivity contribution in [2.45, 2.75) is 83.8 Å². The molecule has 2 aliphatic rings. The smallest absolute Gasteiger partial charge is 0.326 e. The topological polar surface area (TPSA) is 78.9 Å². The summed E-state index contributed by atoms with van der Waals surface area (Å²) in [6.45, 7) is 7.86. The maximum absolute atomic E-state index is 13.5. The van der Waals surface area contributed by atoms with Crippen LogP contribution in [0.2, 0.25) is 0 Å². The van der Waals surface area contributed by atoms with E-state index in [0.29, 0.717) is 29.7 Å². The number of carboxylic acid groups (broad SMARTS) is 1. The van der Waals surface area contributed by atoms with Crippen molar-refractivity contribution in [3.63, 3.8) is 0 Å². The largest absolute Gasteiger partial charge is 0.480 e. The third kappa shape index (κ3) is 8.82. The third-order valence-electron chi connectivity index (χ3n) is 8.94. The molecular weight excluding hydrogens is 532 g/mol. The quantitative estimate of drug-likeness (QED) is 0.256. The van der Waals surface area contributed by atoms with E-state index in [1.165, 1.54) is 44.9 Å². The highest BCUT2D eigenvalue weighted by atomic mass is 32.2.